The molecule has 0 saturated heterocycles. The molecule has 3 aromatic carbocycles. The Morgan fingerprint density at radius 3 is 2.50 bits per heavy atom. The van der Waals surface area contributed by atoms with Crippen LogP contribution in [0.1, 0.15) is 51.0 Å². The minimum atomic E-state index is -3.72. The number of carbonyl (C=O) groups excluding carboxylic acids is 2. The third kappa shape index (κ3) is 4.99. The van der Waals surface area contributed by atoms with E-state index >= 15 is 0 Å². The minimum Gasteiger partial charge on any atom is -0.352 e. The topological polar surface area (TPSA) is 86.8 Å². The highest BCUT2D eigenvalue weighted by Gasteiger charge is 2.35. The van der Waals surface area contributed by atoms with Crippen LogP contribution in [0.25, 0.3) is 10.8 Å². The molecule has 1 N–H and O–H groups in total. The molecule has 1 saturated carbocycles. The molecule has 1 aliphatic carbocycles. The Kier molecular flexibility index (Phi) is 7.38. The van der Waals surface area contributed by atoms with Gasteiger partial charge in [0.15, 0.2) is 0 Å². The molecule has 1 heterocycles. The molecule has 9 heteroatoms. The van der Waals surface area contributed by atoms with E-state index in [1.54, 1.807) is 43.3 Å². The third-order valence-electron chi connectivity index (χ3n) is 7.60. The second kappa shape index (κ2) is 10.7. The van der Waals surface area contributed by atoms with Crippen molar-refractivity contribution in [1.29, 1.82) is 0 Å². The molecule has 200 valence electrons. The maximum absolute atomic E-state index is 14.5. The molecule has 2 aliphatic rings. The summed E-state index contributed by atoms with van der Waals surface area (Å²) in [5, 5.41) is 4.57. The van der Waals surface area contributed by atoms with E-state index < -0.39 is 21.9 Å². The van der Waals surface area contributed by atoms with Gasteiger partial charge in [-0.15, -0.1) is 0 Å². The molecule has 1 atom stereocenters. The van der Waals surface area contributed by atoms with Crippen molar-refractivity contribution in [3.63, 3.8) is 0 Å². The Balaban J connectivity index is 1.30. The van der Waals surface area contributed by atoms with E-state index in [-0.39, 0.29) is 48.7 Å². The monoisotopic (exact) mass is 537 g/mol. The molecule has 38 heavy (non-hydrogen) atoms. The zero-order valence-corrected chi connectivity index (χ0v) is 22.2. The van der Waals surface area contributed by atoms with Crippen molar-refractivity contribution >= 4 is 38.3 Å². The predicted molar refractivity (Wildman–Crippen MR) is 145 cm³/mol. The van der Waals surface area contributed by atoms with Crippen LogP contribution in [0.2, 0.25) is 0 Å². The van der Waals surface area contributed by atoms with Crippen molar-refractivity contribution < 1.29 is 22.4 Å². The Hall–Kier alpha value is -3.46. The summed E-state index contributed by atoms with van der Waals surface area (Å²) < 4.78 is 42.3. The summed E-state index contributed by atoms with van der Waals surface area (Å²) in [7, 11) is -3.72. The largest absolute Gasteiger partial charge is 0.352 e. The fraction of sp³-hybridized carbons (Fsp3) is 0.379. The van der Waals surface area contributed by atoms with Crippen molar-refractivity contribution in [1.82, 2.24) is 10.2 Å². The zero-order chi connectivity index (χ0) is 26.9. The molecule has 0 bridgehead atoms. The van der Waals surface area contributed by atoms with Crippen LogP contribution in [-0.4, -0.2) is 43.8 Å². The number of rotatable bonds is 9. The second-order valence-electron chi connectivity index (χ2n) is 10.1. The van der Waals surface area contributed by atoms with Gasteiger partial charge in [-0.25, -0.2) is 12.8 Å². The maximum Gasteiger partial charge on any atom is 0.265 e. The molecular weight excluding hydrogens is 505 g/mol. The first-order chi connectivity index (χ1) is 18.3. The standard InChI is InChI=1S/C29H32FN3O4S/c1-20(29(35)31-23-12-3-4-13-23)32(19-22-9-2-5-14-24(22)30)27(34)17-8-18-33-25-15-6-10-21-11-7-16-26(28(21)25)38(33,36)37/h2,5-7,9-11,14-16,20,23H,3-4,8,12-13,17-19H2,1H3,(H,31,35). The van der Waals surface area contributed by atoms with E-state index in [1.807, 2.05) is 18.2 Å². The van der Waals surface area contributed by atoms with Crippen LogP contribution >= 0.6 is 0 Å². The quantitative estimate of drug-likeness (QED) is 0.427. The van der Waals surface area contributed by atoms with Crippen LogP contribution in [0, 0.1) is 5.82 Å². The van der Waals surface area contributed by atoms with Crippen LogP contribution in [0.5, 0.6) is 0 Å². The van der Waals surface area contributed by atoms with Gasteiger partial charge in [-0.1, -0.05) is 55.3 Å². The summed E-state index contributed by atoms with van der Waals surface area (Å²) in [6.45, 7) is 1.74. The lowest BCUT2D eigenvalue weighted by Crippen LogP contribution is -2.49. The first kappa shape index (κ1) is 26.2. The maximum atomic E-state index is 14.5. The lowest BCUT2D eigenvalue weighted by atomic mass is 10.1. The molecule has 7 nitrogen and oxygen atoms in total. The van der Waals surface area contributed by atoms with Gasteiger partial charge in [-0.2, -0.15) is 0 Å². The molecule has 0 spiro atoms. The fourth-order valence-electron chi connectivity index (χ4n) is 5.50. The van der Waals surface area contributed by atoms with Crippen LogP contribution < -0.4 is 9.62 Å². The van der Waals surface area contributed by atoms with Crippen LogP contribution in [0.3, 0.4) is 0 Å². The van der Waals surface area contributed by atoms with E-state index in [1.165, 1.54) is 15.3 Å². The highest BCUT2D eigenvalue weighted by Crippen LogP contribution is 2.42. The lowest BCUT2D eigenvalue weighted by molar-refractivity contribution is -0.141. The SMILES string of the molecule is CC(C(=O)NC1CCCC1)N(Cc1ccccc1F)C(=O)CCCN1c2cccc3cccc(c23)S1(=O)=O. The van der Waals surface area contributed by atoms with Gasteiger partial charge in [0.2, 0.25) is 11.8 Å². The number of nitrogens with one attached hydrogen (secondary N) is 1. The van der Waals surface area contributed by atoms with E-state index in [2.05, 4.69) is 5.32 Å². The number of sulfonamides is 1. The molecule has 2 amide bonds. The smallest absolute Gasteiger partial charge is 0.265 e. The molecule has 0 radical (unpaired) electrons. The third-order valence-corrected chi connectivity index (χ3v) is 9.46. The number of nitrogens with zero attached hydrogens (tertiary/aromatic N) is 2. The van der Waals surface area contributed by atoms with Gasteiger partial charge in [0.05, 0.1) is 10.6 Å². The molecule has 1 unspecified atom stereocenters. The lowest BCUT2D eigenvalue weighted by Gasteiger charge is -2.30. The van der Waals surface area contributed by atoms with Gasteiger partial charge in [0.25, 0.3) is 10.0 Å². The molecular formula is C29H32FN3O4S. The van der Waals surface area contributed by atoms with Crippen molar-refractivity contribution in [2.75, 3.05) is 10.8 Å². The number of hydrogen-bond acceptors (Lipinski definition) is 4. The summed E-state index contributed by atoms with van der Waals surface area (Å²) in [5.41, 5.74) is 0.934. The summed E-state index contributed by atoms with van der Waals surface area (Å²) in [6, 6.07) is 16.2. The zero-order valence-electron chi connectivity index (χ0n) is 21.4. The normalized spacial score (nSPS) is 17.1. The first-order valence-corrected chi connectivity index (χ1v) is 14.6. The molecule has 5 rings (SSSR count). The second-order valence-corrected chi connectivity index (χ2v) is 11.9. The van der Waals surface area contributed by atoms with Gasteiger partial charge in [-0.3, -0.25) is 13.9 Å². The Bertz CT molecular complexity index is 1460. The number of hydrogen-bond donors (Lipinski definition) is 1. The highest BCUT2D eigenvalue weighted by molar-refractivity contribution is 7.93. The van der Waals surface area contributed by atoms with E-state index in [4.69, 9.17) is 0 Å². The van der Waals surface area contributed by atoms with E-state index in [0.717, 1.165) is 31.1 Å². The van der Waals surface area contributed by atoms with Gasteiger partial charge in [0.1, 0.15) is 11.9 Å². The number of carbonyl (C=O) groups is 2. The molecule has 1 aliphatic heterocycles. The Morgan fingerprint density at radius 1 is 1.05 bits per heavy atom. The van der Waals surface area contributed by atoms with Gasteiger partial charge in [0, 0.05) is 36.5 Å². The number of halogens is 1. The van der Waals surface area contributed by atoms with E-state index in [9.17, 15) is 22.4 Å². The van der Waals surface area contributed by atoms with Crippen LogP contribution in [0.4, 0.5) is 10.1 Å². The fourth-order valence-corrected chi connectivity index (χ4v) is 7.25. The summed E-state index contributed by atoms with van der Waals surface area (Å²) in [6.07, 6.45) is 4.24. The summed E-state index contributed by atoms with van der Waals surface area (Å²) >= 11 is 0. The Morgan fingerprint density at radius 2 is 1.76 bits per heavy atom. The first-order valence-electron chi connectivity index (χ1n) is 13.1. The van der Waals surface area contributed by atoms with Crippen molar-refractivity contribution in [3.8, 4) is 0 Å². The molecule has 3 aromatic rings. The summed E-state index contributed by atoms with van der Waals surface area (Å²) in [5.74, 6) is -1.02. The van der Waals surface area contributed by atoms with Crippen LogP contribution in [-0.2, 0) is 26.2 Å². The predicted octanol–water partition coefficient (Wildman–Crippen LogP) is 4.74. The number of benzene rings is 3. The molecule has 1 fully saturated rings. The van der Waals surface area contributed by atoms with Gasteiger partial charge >= 0.3 is 0 Å². The van der Waals surface area contributed by atoms with E-state index in [0.29, 0.717) is 16.6 Å². The average molecular weight is 538 g/mol. The average Bonchev–Trinajstić information content (AvgIpc) is 3.49. The highest BCUT2D eigenvalue weighted by atomic mass is 32.2. The number of anilines is 1. The van der Waals surface area contributed by atoms with Crippen molar-refractivity contribution in [2.24, 2.45) is 0 Å². The Labute approximate surface area is 222 Å². The minimum absolute atomic E-state index is 0.0217. The molecule has 0 aromatic heterocycles. The van der Waals surface area contributed by atoms with Gasteiger partial charge in [-0.05, 0) is 49.8 Å². The van der Waals surface area contributed by atoms with Crippen molar-refractivity contribution in [3.05, 3.63) is 72.0 Å². The van der Waals surface area contributed by atoms with Gasteiger partial charge < -0.3 is 10.2 Å². The van der Waals surface area contributed by atoms with Crippen LogP contribution in [0.15, 0.2) is 65.6 Å². The summed E-state index contributed by atoms with van der Waals surface area (Å²) in [4.78, 5) is 28.1. The number of amides is 2. The van der Waals surface area contributed by atoms with Crippen molar-refractivity contribution in [2.45, 2.75) is 69.0 Å².